The Labute approximate surface area is 134 Å². The highest BCUT2D eigenvalue weighted by Gasteiger charge is 2.37. The molecule has 1 aliphatic carbocycles. The molecule has 0 bridgehead atoms. The molecule has 1 fully saturated rings. The van der Waals surface area contributed by atoms with E-state index in [0.29, 0.717) is 36.0 Å². The van der Waals surface area contributed by atoms with E-state index in [-0.39, 0.29) is 0 Å². The van der Waals surface area contributed by atoms with E-state index in [1.807, 2.05) is 18.2 Å². The first-order chi connectivity index (χ1) is 11.2. The van der Waals surface area contributed by atoms with E-state index in [0.717, 1.165) is 12.8 Å². The van der Waals surface area contributed by atoms with Crippen molar-refractivity contribution in [3.8, 4) is 11.6 Å². The highest BCUT2D eigenvalue weighted by atomic mass is 19.1. The summed E-state index contributed by atoms with van der Waals surface area (Å²) in [4.78, 5) is 8.37. The van der Waals surface area contributed by atoms with Crippen LogP contribution in [0, 0.1) is 0 Å². The third kappa shape index (κ3) is 2.67. The molecule has 1 saturated carbocycles. The molecule has 0 radical (unpaired) electrons. The van der Waals surface area contributed by atoms with Gasteiger partial charge in [-0.2, -0.15) is 0 Å². The maximum Gasteiger partial charge on any atom is 0.244 e. The number of aromatic nitrogens is 3. The van der Waals surface area contributed by atoms with E-state index in [4.69, 9.17) is 4.42 Å². The Morgan fingerprint density at radius 2 is 1.91 bits per heavy atom. The number of halogens is 1. The predicted octanol–water partition coefficient (Wildman–Crippen LogP) is 4.52. The molecule has 0 amide bonds. The lowest BCUT2D eigenvalue weighted by molar-refractivity contribution is 0.0838. The van der Waals surface area contributed by atoms with E-state index in [2.05, 4.69) is 26.9 Å². The van der Waals surface area contributed by atoms with Gasteiger partial charge >= 0.3 is 0 Å². The van der Waals surface area contributed by atoms with Gasteiger partial charge in [-0.1, -0.05) is 6.07 Å². The Kier molecular flexibility index (Phi) is 3.48. The second kappa shape index (κ2) is 5.65. The Bertz CT molecular complexity index is 742. The van der Waals surface area contributed by atoms with Crippen molar-refractivity contribution in [2.24, 2.45) is 0 Å². The molecule has 5 heteroatoms. The van der Waals surface area contributed by atoms with Crippen LogP contribution < -0.4 is 0 Å². The number of rotatable bonds is 3. The van der Waals surface area contributed by atoms with Crippen LogP contribution in [0.15, 0.2) is 59.7 Å². The van der Waals surface area contributed by atoms with Crippen molar-refractivity contribution in [2.45, 2.75) is 37.4 Å². The molecule has 0 atom stereocenters. The van der Waals surface area contributed by atoms with Crippen LogP contribution in [0.3, 0.4) is 0 Å². The molecule has 0 aliphatic heterocycles. The molecule has 3 aromatic heterocycles. The summed E-state index contributed by atoms with van der Waals surface area (Å²) in [6, 6.07) is 8.02. The quantitative estimate of drug-likeness (QED) is 0.714. The first-order valence-electron chi connectivity index (χ1n) is 7.92. The fourth-order valence-electron chi connectivity index (χ4n) is 3.37. The minimum atomic E-state index is -1.29. The lowest BCUT2D eigenvalue weighted by atomic mass is 9.79. The van der Waals surface area contributed by atoms with E-state index >= 15 is 4.39 Å². The van der Waals surface area contributed by atoms with E-state index < -0.39 is 5.67 Å². The topological polar surface area (TPSA) is 43.9 Å². The summed E-state index contributed by atoms with van der Waals surface area (Å²) in [5.74, 6) is 0.459. The Balaban J connectivity index is 1.49. The molecule has 0 saturated heterocycles. The van der Waals surface area contributed by atoms with Gasteiger partial charge in [0.1, 0.15) is 17.6 Å². The molecule has 3 heterocycles. The molecular weight excluding hydrogens is 293 g/mol. The van der Waals surface area contributed by atoms with Crippen molar-refractivity contribution >= 4 is 0 Å². The maximum absolute atomic E-state index is 15.3. The van der Waals surface area contributed by atoms with Crippen molar-refractivity contribution in [1.29, 1.82) is 0 Å². The largest absolute Gasteiger partial charge is 0.443 e. The summed E-state index contributed by atoms with van der Waals surface area (Å²) in [5, 5.41) is 0. The third-order valence-electron chi connectivity index (χ3n) is 4.73. The zero-order chi connectivity index (χ0) is 15.7. The molecule has 0 N–H and O–H groups in total. The van der Waals surface area contributed by atoms with Gasteiger partial charge in [0.25, 0.3) is 0 Å². The van der Waals surface area contributed by atoms with Gasteiger partial charge in [-0.3, -0.25) is 4.98 Å². The Hall–Kier alpha value is -2.43. The van der Waals surface area contributed by atoms with Crippen molar-refractivity contribution in [1.82, 2.24) is 14.5 Å². The second-order valence-corrected chi connectivity index (χ2v) is 6.10. The van der Waals surface area contributed by atoms with Crippen molar-refractivity contribution in [3.05, 3.63) is 60.9 Å². The summed E-state index contributed by atoms with van der Waals surface area (Å²) in [7, 11) is 0. The average molecular weight is 311 g/mol. The Morgan fingerprint density at radius 3 is 2.52 bits per heavy atom. The van der Waals surface area contributed by atoms with Crippen LogP contribution in [0.2, 0.25) is 0 Å². The van der Waals surface area contributed by atoms with Crippen LogP contribution in [0.25, 0.3) is 11.6 Å². The molecule has 118 valence electrons. The zero-order valence-corrected chi connectivity index (χ0v) is 12.7. The van der Waals surface area contributed by atoms with E-state index in [1.165, 1.54) is 6.26 Å². The van der Waals surface area contributed by atoms with Crippen LogP contribution in [-0.2, 0) is 5.67 Å². The second-order valence-electron chi connectivity index (χ2n) is 6.10. The maximum atomic E-state index is 15.3. The molecule has 0 aromatic carbocycles. The molecule has 1 aliphatic rings. The van der Waals surface area contributed by atoms with Gasteiger partial charge < -0.3 is 8.98 Å². The Morgan fingerprint density at radius 1 is 1.13 bits per heavy atom. The lowest BCUT2D eigenvalue weighted by Crippen LogP contribution is -2.28. The predicted molar refractivity (Wildman–Crippen MR) is 84.5 cm³/mol. The SMILES string of the molecule is FC1(c2ccc(-c3ncco3)nc2)CCC(n2cccc2)CC1. The van der Waals surface area contributed by atoms with E-state index in [1.54, 1.807) is 18.5 Å². The molecule has 23 heavy (non-hydrogen) atoms. The third-order valence-corrected chi connectivity index (χ3v) is 4.73. The summed E-state index contributed by atoms with van der Waals surface area (Å²) in [6.07, 6.45) is 11.5. The summed E-state index contributed by atoms with van der Waals surface area (Å²) in [6.45, 7) is 0. The lowest BCUT2D eigenvalue weighted by Gasteiger charge is -2.34. The number of nitrogens with zero attached hydrogens (tertiary/aromatic N) is 3. The monoisotopic (exact) mass is 311 g/mol. The number of alkyl halides is 1. The summed E-state index contributed by atoms with van der Waals surface area (Å²) >= 11 is 0. The summed E-state index contributed by atoms with van der Waals surface area (Å²) in [5.41, 5.74) is -0.00618. The zero-order valence-electron chi connectivity index (χ0n) is 12.7. The van der Waals surface area contributed by atoms with Crippen LogP contribution in [0.1, 0.15) is 37.3 Å². The van der Waals surface area contributed by atoms with Crippen molar-refractivity contribution < 1.29 is 8.81 Å². The van der Waals surface area contributed by atoms with Crippen LogP contribution >= 0.6 is 0 Å². The van der Waals surface area contributed by atoms with Gasteiger partial charge in [0, 0.05) is 30.2 Å². The fraction of sp³-hybridized carbons (Fsp3) is 0.333. The van der Waals surface area contributed by atoms with Gasteiger partial charge in [0.05, 0.1) is 6.20 Å². The smallest absolute Gasteiger partial charge is 0.244 e. The summed E-state index contributed by atoms with van der Waals surface area (Å²) < 4.78 is 22.7. The van der Waals surface area contributed by atoms with Gasteiger partial charge in [0.15, 0.2) is 0 Å². The van der Waals surface area contributed by atoms with Crippen LogP contribution in [0.4, 0.5) is 4.39 Å². The molecule has 4 rings (SSSR count). The van der Waals surface area contributed by atoms with Crippen LogP contribution in [0.5, 0.6) is 0 Å². The average Bonchev–Trinajstić information content (AvgIpc) is 3.30. The van der Waals surface area contributed by atoms with Crippen molar-refractivity contribution in [3.63, 3.8) is 0 Å². The fourth-order valence-corrected chi connectivity index (χ4v) is 3.37. The molecular formula is C18H18FN3O. The van der Waals surface area contributed by atoms with Crippen molar-refractivity contribution in [2.75, 3.05) is 0 Å². The van der Waals surface area contributed by atoms with Gasteiger partial charge in [-0.05, 0) is 43.9 Å². The standard InChI is InChI=1S/C18H18FN3O/c19-18(7-5-15(6-8-18)22-10-1-2-11-22)14-3-4-16(21-13-14)17-20-9-12-23-17/h1-4,9-13,15H,5-8H2. The normalized spacial score (nSPS) is 24.7. The van der Waals surface area contributed by atoms with Gasteiger partial charge in [-0.15, -0.1) is 0 Å². The molecule has 3 aromatic rings. The minimum Gasteiger partial charge on any atom is -0.443 e. The number of oxazole rings is 1. The first kappa shape index (κ1) is 14.2. The number of pyridine rings is 1. The molecule has 4 nitrogen and oxygen atoms in total. The van der Waals surface area contributed by atoms with Gasteiger partial charge in [0.2, 0.25) is 5.89 Å². The highest BCUT2D eigenvalue weighted by molar-refractivity contribution is 5.46. The van der Waals surface area contributed by atoms with Crippen LogP contribution in [-0.4, -0.2) is 14.5 Å². The highest BCUT2D eigenvalue weighted by Crippen LogP contribution is 2.44. The minimum absolute atomic E-state index is 0.397. The molecule has 0 unspecified atom stereocenters. The van der Waals surface area contributed by atoms with Gasteiger partial charge in [-0.25, -0.2) is 9.37 Å². The number of hydrogen-bond acceptors (Lipinski definition) is 3. The van der Waals surface area contributed by atoms with E-state index in [9.17, 15) is 0 Å². The number of hydrogen-bond donors (Lipinski definition) is 0. The molecule has 0 spiro atoms. The first-order valence-corrected chi connectivity index (χ1v) is 7.92.